The van der Waals surface area contributed by atoms with E-state index in [4.69, 9.17) is 19.7 Å². The smallest absolute Gasteiger partial charge is 0.245 e. The molecule has 0 rings (SSSR count). The summed E-state index contributed by atoms with van der Waals surface area (Å²) in [6.07, 6.45) is 0. The van der Waals surface area contributed by atoms with Crippen LogP contribution < -0.4 is 5.32 Å². The van der Waals surface area contributed by atoms with E-state index in [0.717, 1.165) is 0 Å². The first-order valence-electron chi connectivity index (χ1n) is 5.23. The zero-order valence-corrected chi connectivity index (χ0v) is 9.92. The van der Waals surface area contributed by atoms with Crippen LogP contribution in [0.2, 0.25) is 0 Å². The van der Waals surface area contributed by atoms with Gasteiger partial charge in [-0.15, -0.1) is 0 Å². The molecule has 0 saturated carbocycles. The number of azide groups is 1. The lowest BCUT2D eigenvalue weighted by atomic mass is 10.5. The average molecular weight is 246 g/mol. The molecule has 0 unspecified atom stereocenters. The largest absolute Gasteiger partial charge is 0.382 e. The van der Waals surface area contributed by atoms with Gasteiger partial charge in [0, 0.05) is 25.1 Å². The van der Waals surface area contributed by atoms with Crippen molar-refractivity contribution >= 4 is 5.91 Å². The van der Waals surface area contributed by atoms with Gasteiger partial charge in [-0.2, -0.15) is 0 Å². The summed E-state index contributed by atoms with van der Waals surface area (Å²) in [5.41, 5.74) is 7.99. The zero-order chi connectivity index (χ0) is 12.8. The van der Waals surface area contributed by atoms with Crippen LogP contribution in [-0.4, -0.2) is 59.1 Å². The maximum absolute atomic E-state index is 11.1. The maximum atomic E-state index is 11.1. The SMILES string of the molecule is COCCOCCOCC(=O)NCCN=[N+]=[N-]. The van der Waals surface area contributed by atoms with E-state index < -0.39 is 0 Å². The normalized spacial score (nSPS) is 9.71. The second-order valence-corrected chi connectivity index (χ2v) is 2.96. The number of ether oxygens (including phenoxy) is 3. The minimum Gasteiger partial charge on any atom is -0.382 e. The van der Waals surface area contributed by atoms with Gasteiger partial charge in [-0.1, -0.05) is 5.11 Å². The molecule has 0 fully saturated rings. The van der Waals surface area contributed by atoms with Gasteiger partial charge >= 0.3 is 0 Å². The van der Waals surface area contributed by atoms with Gasteiger partial charge in [0.15, 0.2) is 0 Å². The van der Waals surface area contributed by atoms with Crippen molar-refractivity contribution in [3.8, 4) is 0 Å². The lowest BCUT2D eigenvalue weighted by Gasteiger charge is -2.05. The highest BCUT2D eigenvalue weighted by Gasteiger charge is 1.99. The minimum atomic E-state index is -0.241. The first-order chi connectivity index (χ1) is 8.31. The van der Waals surface area contributed by atoms with Crippen molar-refractivity contribution in [2.45, 2.75) is 0 Å². The Morgan fingerprint density at radius 2 is 2.00 bits per heavy atom. The van der Waals surface area contributed by atoms with Crippen molar-refractivity contribution in [1.82, 2.24) is 5.32 Å². The number of rotatable bonds is 11. The fraction of sp³-hybridized carbons (Fsp3) is 0.889. The molecule has 0 aliphatic carbocycles. The van der Waals surface area contributed by atoms with Gasteiger partial charge in [0.2, 0.25) is 5.91 Å². The van der Waals surface area contributed by atoms with E-state index in [1.807, 2.05) is 0 Å². The van der Waals surface area contributed by atoms with Crippen LogP contribution in [-0.2, 0) is 19.0 Å². The van der Waals surface area contributed by atoms with E-state index >= 15 is 0 Å². The topological polar surface area (TPSA) is 106 Å². The molecule has 0 spiro atoms. The van der Waals surface area contributed by atoms with Crippen LogP contribution in [0.15, 0.2) is 5.11 Å². The molecule has 0 saturated heterocycles. The number of nitrogens with zero attached hydrogens (tertiary/aromatic N) is 3. The summed E-state index contributed by atoms with van der Waals surface area (Å²) in [4.78, 5) is 13.7. The lowest BCUT2D eigenvalue weighted by Crippen LogP contribution is -2.30. The number of carbonyl (C=O) groups is 1. The van der Waals surface area contributed by atoms with Crippen molar-refractivity contribution in [1.29, 1.82) is 0 Å². The van der Waals surface area contributed by atoms with Crippen molar-refractivity contribution in [3.63, 3.8) is 0 Å². The van der Waals surface area contributed by atoms with Crippen molar-refractivity contribution in [3.05, 3.63) is 10.4 Å². The highest BCUT2D eigenvalue weighted by molar-refractivity contribution is 5.77. The fourth-order valence-electron chi connectivity index (χ4n) is 0.868. The molecule has 0 aromatic rings. The Labute approximate surface area is 99.8 Å². The quantitative estimate of drug-likeness (QED) is 0.241. The predicted molar refractivity (Wildman–Crippen MR) is 60.5 cm³/mol. The Balaban J connectivity index is 3.19. The summed E-state index contributed by atoms with van der Waals surface area (Å²) < 4.78 is 15.0. The third-order valence-corrected chi connectivity index (χ3v) is 1.63. The summed E-state index contributed by atoms with van der Waals surface area (Å²) in [7, 11) is 1.60. The van der Waals surface area contributed by atoms with Gasteiger partial charge in [0.25, 0.3) is 0 Å². The molecule has 0 bridgehead atoms. The maximum Gasteiger partial charge on any atom is 0.245 e. The van der Waals surface area contributed by atoms with E-state index in [1.165, 1.54) is 0 Å². The van der Waals surface area contributed by atoms with Crippen molar-refractivity contribution in [2.75, 3.05) is 53.2 Å². The van der Waals surface area contributed by atoms with E-state index in [1.54, 1.807) is 7.11 Å². The molecule has 17 heavy (non-hydrogen) atoms. The average Bonchev–Trinajstić information content (AvgIpc) is 2.33. The summed E-state index contributed by atoms with van der Waals surface area (Å²) >= 11 is 0. The van der Waals surface area contributed by atoms with Crippen LogP contribution in [0.25, 0.3) is 10.4 Å². The number of hydrogen-bond acceptors (Lipinski definition) is 5. The number of nitrogens with one attached hydrogen (secondary N) is 1. The monoisotopic (exact) mass is 246 g/mol. The molecule has 0 radical (unpaired) electrons. The molecule has 8 nitrogen and oxygen atoms in total. The van der Waals surface area contributed by atoms with Gasteiger partial charge in [-0.3, -0.25) is 4.79 Å². The van der Waals surface area contributed by atoms with Gasteiger partial charge in [-0.05, 0) is 5.53 Å². The van der Waals surface area contributed by atoms with Crippen LogP contribution in [0, 0.1) is 0 Å². The molecule has 1 N–H and O–H groups in total. The van der Waals surface area contributed by atoms with Crippen molar-refractivity contribution < 1.29 is 19.0 Å². The molecular weight excluding hydrogens is 228 g/mol. The van der Waals surface area contributed by atoms with Crippen LogP contribution in [0.3, 0.4) is 0 Å². The second-order valence-electron chi connectivity index (χ2n) is 2.96. The molecule has 1 amide bonds. The predicted octanol–water partition coefficient (Wildman–Crippen LogP) is 0.0925. The molecular formula is C9H18N4O4. The summed E-state index contributed by atoms with van der Waals surface area (Å²) in [5.74, 6) is -0.241. The van der Waals surface area contributed by atoms with E-state index in [9.17, 15) is 4.79 Å². The molecule has 0 heterocycles. The van der Waals surface area contributed by atoms with Gasteiger partial charge in [0.1, 0.15) is 6.61 Å². The van der Waals surface area contributed by atoms with Gasteiger partial charge < -0.3 is 19.5 Å². The molecule has 0 aliphatic rings. The third kappa shape index (κ3) is 12.6. The lowest BCUT2D eigenvalue weighted by molar-refractivity contribution is -0.126. The molecule has 0 atom stereocenters. The molecule has 8 heteroatoms. The number of amides is 1. The summed E-state index contributed by atoms with van der Waals surface area (Å²) in [5, 5.41) is 5.81. The molecule has 98 valence electrons. The van der Waals surface area contributed by atoms with Gasteiger partial charge in [0.05, 0.1) is 26.4 Å². The van der Waals surface area contributed by atoms with E-state index in [-0.39, 0.29) is 19.1 Å². The van der Waals surface area contributed by atoms with Crippen LogP contribution >= 0.6 is 0 Å². The highest BCUT2D eigenvalue weighted by Crippen LogP contribution is 1.80. The standard InChI is InChI=1S/C9H18N4O4/c1-15-4-5-16-6-7-17-8-9(14)11-2-3-12-13-10/h2-8H2,1H3,(H,11,14). The van der Waals surface area contributed by atoms with Crippen molar-refractivity contribution in [2.24, 2.45) is 5.11 Å². The second kappa shape index (κ2) is 12.7. The minimum absolute atomic E-state index is 0.0239. The Hall–Kier alpha value is -1.34. The Bertz CT molecular complexity index is 243. The van der Waals surface area contributed by atoms with Gasteiger partial charge in [-0.25, -0.2) is 0 Å². The summed E-state index contributed by atoms with van der Waals surface area (Å²) in [6, 6.07) is 0. The van der Waals surface area contributed by atoms with E-state index in [2.05, 4.69) is 15.3 Å². The zero-order valence-electron chi connectivity index (χ0n) is 9.92. The first kappa shape index (κ1) is 15.7. The Kier molecular flexibility index (Phi) is 11.7. The van der Waals surface area contributed by atoms with E-state index in [0.29, 0.717) is 33.0 Å². The van der Waals surface area contributed by atoms with Crippen LogP contribution in [0.4, 0.5) is 0 Å². The number of methoxy groups -OCH3 is 1. The first-order valence-corrected chi connectivity index (χ1v) is 5.23. The summed E-state index contributed by atoms with van der Waals surface area (Å²) in [6.45, 7) is 2.36. The number of hydrogen-bond donors (Lipinski definition) is 1. The Morgan fingerprint density at radius 3 is 2.71 bits per heavy atom. The molecule has 0 aliphatic heterocycles. The third-order valence-electron chi connectivity index (χ3n) is 1.63. The molecule has 0 aromatic carbocycles. The highest BCUT2D eigenvalue weighted by atomic mass is 16.5. The Morgan fingerprint density at radius 1 is 1.29 bits per heavy atom. The fourth-order valence-corrected chi connectivity index (χ4v) is 0.868. The number of carbonyl (C=O) groups excluding carboxylic acids is 1. The van der Waals surface area contributed by atoms with Crippen LogP contribution in [0.1, 0.15) is 0 Å². The molecule has 0 aromatic heterocycles. The van der Waals surface area contributed by atoms with Crippen LogP contribution in [0.5, 0.6) is 0 Å².